The van der Waals surface area contributed by atoms with Gasteiger partial charge in [-0.05, 0) is 69.5 Å². The number of fused-ring (bicyclic) bond motifs is 1. The molecular formula is C28H32N2O3. The highest BCUT2D eigenvalue weighted by Gasteiger charge is 2.16. The van der Waals surface area contributed by atoms with Crippen molar-refractivity contribution in [3.8, 4) is 11.5 Å². The van der Waals surface area contributed by atoms with E-state index in [-0.39, 0.29) is 6.61 Å². The Morgan fingerprint density at radius 1 is 0.848 bits per heavy atom. The quantitative estimate of drug-likeness (QED) is 0.384. The molecule has 0 amide bonds. The number of para-hydroxylation sites is 2. The predicted octanol–water partition coefficient (Wildman–Crippen LogP) is 5.60. The van der Waals surface area contributed by atoms with Gasteiger partial charge in [-0.2, -0.15) is 0 Å². The summed E-state index contributed by atoms with van der Waals surface area (Å²) in [5.41, 5.74) is 7.51. The second-order valence-electron chi connectivity index (χ2n) is 8.88. The highest BCUT2D eigenvalue weighted by Crippen LogP contribution is 2.25. The van der Waals surface area contributed by atoms with E-state index < -0.39 is 6.10 Å². The fourth-order valence-corrected chi connectivity index (χ4v) is 4.38. The van der Waals surface area contributed by atoms with Gasteiger partial charge in [-0.3, -0.25) is 0 Å². The van der Waals surface area contributed by atoms with Crippen LogP contribution in [0.2, 0.25) is 0 Å². The molecule has 0 aliphatic heterocycles. The van der Waals surface area contributed by atoms with Crippen molar-refractivity contribution in [3.63, 3.8) is 0 Å². The first-order chi connectivity index (χ1) is 15.8. The van der Waals surface area contributed by atoms with Crippen molar-refractivity contribution in [1.82, 2.24) is 9.55 Å². The number of aliphatic hydroxyl groups excluding tert-OH is 1. The number of ether oxygens (including phenoxy) is 2. The van der Waals surface area contributed by atoms with Crippen LogP contribution in [0.1, 0.15) is 33.6 Å². The van der Waals surface area contributed by atoms with E-state index in [1.165, 1.54) is 11.1 Å². The number of aromatic nitrogens is 2. The Bertz CT molecular complexity index is 1250. The molecule has 3 aromatic carbocycles. The number of rotatable bonds is 8. The number of hydrogen-bond acceptors (Lipinski definition) is 4. The van der Waals surface area contributed by atoms with Gasteiger partial charge in [-0.1, -0.05) is 47.5 Å². The lowest BCUT2D eigenvalue weighted by atomic mass is 10.1. The minimum Gasteiger partial charge on any atom is -0.490 e. The van der Waals surface area contributed by atoms with Gasteiger partial charge in [0.1, 0.15) is 36.6 Å². The second-order valence-corrected chi connectivity index (χ2v) is 8.88. The monoisotopic (exact) mass is 444 g/mol. The van der Waals surface area contributed by atoms with Crippen LogP contribution in [-0.4, -0.2) is 27.4 Å². The average molecular weight is 445 g/mol. The van der Waals surface area contributed by atoms with Crippen molar-refractivity contribution in [2.75, 3.05) is 6.61 Å². The third kappa shape index (κ3) is 5.20. The minimum absolute atomic E-state index is 0.203. The summed E-state index contributed by atoms with van der Waals surface area (Å²) in [6, 6.07) is 18.3. The Hall–Kier alpha value is -3.31. The van der Waals surface area contributed by atoms with E-state index in [9.17, 15) is 5.11 Å². The van der Waals surface area contributed by atoms with E-state index in [0.717, 1.165) is 45.0 Å². The molecule has 0 radical (unpaired) electrons. The van der Waals surface area contributed by atoms with Crippen LogP contribution in [0.4, 0.5) is 0 Å². The van der Waals surface area contributed by atoms with Gasteiger partial charge in [0.05, 0.1) is 17.6 Å². The van der Waals surface area contributed by atoms with E-state index in [1.807, 2.05) is 61.7 Å². The molecule has 4 rings (SSSR count). The number of aryl methyl sites for hydroxylation is 5. The minimum atomic E-state index is -0.692. The lowest BCUT2D eigenvalue weighted by molar-refractivity contribution is 0.0911. The highest BCUT2D eigenvalue weighted by molar-refractivity contribution is 5.75. The summed E-state index contributed by atoms with van der Waals surface area (Å²) in [7, 11) is 0. The molecule has 1 atom stereocenters. The molecule has 0 saturated heterocycles. The average Bonchev–Trinajstić information content (AvgIpc) is 3.09. The first-order valence-corrected chi connectivity index (χ1v) is 11.3. The van der Waals surface area contributed by atoms with Gasteiger partial charge in [-0.15, -0.1) is 0 Å². The molecule has 0 spiro atoms. The van der Waals surface area contributed by atoms with Crippen LogP contribution >= 0.6 is 0 Å². The summed E-state index contributed by atoms with van der Waals surface area (Å²) in [4.78, 5) is 4.77. The van der Waals surface area contributed by atoms with E-state index in [1.54, 1.807) is 0 Å². The molecule has 4 aromatic rings. The van der Waals surface area contributed by atoms with Gasteiger partial charge in [0.25, 0.3) is 0 Å². The van der Waals surface area contributed by atoms with Crippen molar-refractivity contribution in [1.29, 1.82) is 0 Å². The van der Waals surface area contributed by atoms with Crippen LogP contribution in [0.3, 0.4) is 0 Å². The summed E-state index contributed by atoms with van der Waals surface area (Å²) >= 11 is 0. The van der Waals surface area contributed by atoms with Gasteiger partial charge < -0.3 is 19.1 Å². The van der Waals surface area contributed by atoms with Crippen LogP contribution in [0.25, 0.3) is 11.0 Å². The van der Waals surface area contributed by atoms with Crippen molar-refractivity contribution < 1.29 is 14.6 Å². The molecule has 0 aliphatic carbocycles. The van der Waals surface area contributed by atoms with Gasteiger partial charge in [0.2, 0.25) is 0 Å². The molecule has 172 valence electrons. The number of aliphatic hydroxyl groups is 1. The molecule has 1 aromatic heterocycles. The summed E-state index contributed by atoms with van der Waals surface area (Å²) < 4.78 is 14.2. The fourth-order valence-electron chi connectivity index (χ4n) is 4.38. The Morgan fingerprint density at radius 3 is 2.27 bits per heavy atom. The Kier molecular flexibility index (Phi) is 6.70. The van der Waals surface area contributed by atoms with Crippen LogP contribution in [0, 0.1) is 34.6 Å². The van der Waals surface area contributed by atoms with Gasteiger partial charge in [0, 0.05) is 0 Å². The topological polar surface area (TPSA) is 56.5 Å². The molecular weight excluding hydrogens is 412 g/mol. The maximum Gasteiger partial charge on any atom is 0.148 e. The molecule has 5 nitrogen and oxygen atoms in total. The fraction of sp³-hybridized carbons (Fsp3) is 0.321. The summed E-state index contributed by atoms with van der Waals surface area (Å²) in [5.74, 6) is 2.46. The summed E-state index contributed by atoms with van der Waals surface area (Å²) in [6.45, 7) is 11.2. The second kappa shape index (κ2) is 9.67. The van der Waals surface area contributed by atoms with E-state index in [2.05, 4.69) is 32.0 Å². The molecule has 0 saturated carbocycles. The van der Waals surface area contributed by atoms with Crippen LogP contribution in [-0.2, 0) is 13.2 Å². The van der Waals surface area contributed by atoms with Crippen molar-refractivity contribution in [2.45, 2.75) is 53.9 Å². The lowest BCUT2D eigenvalue weighted by Crippen LogP contribution is -2.25. The number of hydrogen-bond donors (Lipinski definition) is 1. The normalized spacial score (nSPS) is 12.2. The van der Waals surface area contributed by atoms with E-state index in [4.69, 9.17) is 14.5 Å². The number of imidazole rings is 1. The van der Waals surface area contributed by atoms with E-state index in [0.29, 0.717) is 13.2 Å². The molecule has 0 bridgehead atoms. The molecule has 1 unspecified atom stereocenters. The van der Waals surface area contributed by atoms with Crippen molar-refractivity contribution in [2.24, 2.45) is 0 Å². The molecule has 1 N–H and O–H groups in total. The zero-order valence-electron chi connectivity index (χ0n) is 20.1. The Labute approximate surface area is 195 Å². The maximum absolute atomic E-state index is 10.8. The van der Waals surface area contributed by atoms with Crippen LogP contribution < -0.4 is 9.47 Å². The van der Waals surface area contributed by atoms with Crippen molar-refractivity contribution >= 4 is 11.0 Å². The largest absolute Gasteiger partial charge is 0.490 e. The van der Waals surface area contributed by atoms with E-state index >= 15 is 0 Å². The van der Waals surface area contributed by atoms with Crippen LogP contribution in [0.15, 0.2) is 54.6 Å². The third-order valence-electron chi connectivity index (χ3n) is 5.84. The Balaban J connectivity index is 1.51. The first kappa shape index (κ1) is 22.9. The standard InChI is InChI=1S/C28H32N2O3/c1-18-10-11-26(20(3)12-18)32-17-27-29-24-8-6-7-9-25(24)30(27)15-23(31)16-33-28-21(4)13-19(2)14-22(28)5/h6-14,23,31H,15-17H2,1-5H3. The molecule has 0 fully saturated rings. The van der Waals surface area contributed by atoms with Crippen LogP contribution in [0.5, 0.6) is 11.5 Å². The lowest BCUT2D eigenvalue weighted by Gasteiger charge is -2.18. The number of nitrogens with zero attached hydrogens (tertiary/aromatic N) is 2. The van der Waals surface area contributed by atoms with Gasteiger partial charge >= 0.3 is 0 Å². The predicted molar refractivity (Wildman–Crippen MR) is 132 cm³/mol. The first-order valence-electron chi connectivity index (χ1n) is 11.3. The molecule has 0 aliphatic rings. The Morgan fingerprint density at radius 2 is 1.55 bits per heavy atom. The van der Waals surface area contributed by atoms with Crippen molar-refractivity contribution in [3.05, 3.63) is 88.2 Å². The highest BCUT2D eigenvalue weighted by atomic mass is 16.5. The molecule has 5 heteroatoms. The SMILES string of the molecule is Cc1ccc(OCc2nc3ccccc3n2CC(O)COc2c(C)cc(C)cc2C)c(C)c1. The third-order valence-corrected chi connectivity index (χ3v) is 5.84. The number of benzene rings is 3. The summed E-state index contributed by atoms with van der Waals surface area (Å²) in [6.07, 6.45) is -0.692. The van der Waals surface area contributed by atoms with Gasteiger partial charge in [0.15, 0.2) is 0 Å². The smallest absolute Gasteiger partial charge is 0.148 e. The zero-order valence-corrected chi connectivity index (χ0v) is 20.1. The maximum atomic E-state index is 10.8. The molecule has 33 heavy (non-hydrogen) atoms. The van der Waals surface area contributed by atoms with Gasteiger partial charge in [-0.25, -0.2) is 4.98 Å². The molecule has 1 heterocycles. The zero-order chi connectivity index (χ0) is 23.5. The summed E-state index contributed by atoms with van der Waals surface area (Å²) in [5, 5.41) is 10.8.